The van der Waals surface area contributed by atoms with Crippen LogP contribution in [0, 0.1) is 0 Å². The molecule has 17 heavy (non-hydrogen) atoms. The van der Waals surface area contributed by atoms with Gasteiger partial charge in [0.25, 0.3) is 0 Å². The molecule has 0 aliphatic heterocycles. The Labute approximate surface area is 104 Å². The second-order valence-electron chi connectivity index (χ2n) is 3.83. The van der Waals surface area contributed by atoms with Crippen LogP contribution in [0.5, 0.6) is 0 Å². The lowest BCUT2D eigenvalue weighted by molar-refractivity contribution is -0.136. The predicted molar refractivity (Wildman–Crippen MR) is 65.8 cm³/mol. The number of amides is 2. The number of rotatable bonds is 4. The Hall–Kier alpha value is -1.50. The number of carbonyl (C=O) groups is 2. The van der Waals surface area contributed by atoms with Crippen molar-refractivity contribution in [1.82, 2.24) is 15.5 Å². The third-order valence-electron chi connectivity index (χ3n) is 1.78. The van der Waals surface area contributed by atoms with E-state index in [-0.39, 0.29) is 6.04 Å². The summed E-state index contributed by atoms with van der Waals surface area (Å²) in [6.07, 6.45) is 1.79. The largest absolute Gasteiger partial charge is 0.346 e. The van der Waals surface area contributed by atoms with E-state index >= 15 is 0 Å². The SMILES string of the molecule is CCCc1nnc(NC(=O)C(=O)NC(C)C)s1. The van der Waals surface area contributed by atoms with Crippen LogP contribution in [-0.4, -0.2) is 28.1 Å². The molecule has 0 fully saturated rings. The first-order chi connectivity index (χ1) is 8.02. The molecule has 1 rings (SSSR count). The van der Waals surface area contributed by atoms with E-state index in [9.17, 15) is 9.59 Å². The Morgan fingerprint density at radius 3 is 2.59 bits per heavy atom. The van der Waals surface area contributed by atoms with Gasteiger partial charge in [0.05, 0.1) is 0 Å². The normalized spacial score (nSPS) is 10.4. The Morgan fingerprint density at radius 1 is 1.29 bits per heavy atom. The molecular formula is C10H16N4O2S. The fraction of sp³-hybridized carbons (Fsp3) is 0.600. The number of hydrogen-bond donors (Lipinski definition) is 2. The summed E-state index contributed by atoms with van der Waals surface area (Å²) < 4.78 is 0. The number of carbonyl (C=O) groups excluding carboxylic acids is 2. The molecule has 2 amide bonds. The fourth-order valence-corrected chi connectivity index (χ4v) is 1.94. The van der Waals surface area contributed by atoms with Gasteiger partial charge in [-0.1, -0.05) is 18.3 Å². The fourth-order valence-electron chi connectivity index (χ4n) is 1.10. The van der Waals surface area contributed by atoms with Gasteiger partial charge in [-0.3, -0.25) is 14.9 Å². The molecule has 0 aromatic carbocycles. The van der Waals surface area contributed by atoms with Crippen molar-refractivity contribution in [3.05, 3.63) is 5.01 Å². The zero-order valence-electron chi connectivity index (χ0n) is 10.1. The van der Waals surface area contributed by atoms with E-state index in [4.69, 9.17) is 0 Å². The molecule has 7 heteroatoms. The monoisotopic (exact) mass is 256 g/mol. The van der Waals surface area contributed by atoms with Crippen LogP contribution in [0.3, 0.4) is 0 Å². The third kappa shape index (κ3) is 4.48. The van der Waals surface area contributed by atoms with Crippen LogP contribution in [0.4, 0.5) is 5.13 Å². The molecule has 1 heterocycles. The minimum absolute atomic E-state index is 0.0710. The van der Waals surface area contributed by atoms with Gasteiger partial charge in [0, 0.05) is 12.5 Å². The van der Waals surface area contributed by atoms with E-state index in [1.165, 1.54) is 11.3 Å². The van der Waals surface area contributed by atoms with Crippen LogP contribution in [0.1, 0.15) is 32.2 Å². The van der Waals surface area contributed by atoms with E-state index < -0.39 is 11.8 Å². The van der Waals surface area contributed by atoms with Gasteiger partial charge in [0.1, 0.15) is 5.01 Å². The Bertz CT molecular complexity index is 403. The molecule has 6 nitrogen and oxygen atoms in total. The second-order valence-corrected chi connectivity index (χ2v) is 4.90. The molecule has 0 radical (unpaired) electrons. The van der Waals surface area contributed by atoms with Crippen molar-refractivity contribution in [3.63, 3.8) is 0 Å². The van der Waals surface area contributed by atoms with E-state index in [0.717, 1.165) is 17.8 Å². The van der Waals surface area contributed by atoms with Gasteiger partial charge in [-0.2, -0.15) is 0 Å². The smallest absolute Gasteiger partial charge is 0.315 e. The average molecular weight is 256 g/mol. The van der Waals surface area contributed by atoms with Crippen LogP contribution in [0.15, 0.2) is 0 Å². The Morgan fingerprint density at radius 2 is 2.00 bits per heavy atom. The van der Waals surface area contributed by atoms with Gasteiger partial charge in [-0.25, -0.2) is 0 Å². The summed E-state index contributed by atoms with van der Waals surface area (Å²) in [4.78, 5) is 22.8. The van der Waals surface area contributed by atoms with Gasteiger partial charge in [-0.15, -0.1) is 10.2 Å². The van der Waals surface area contributed by atoms with Gasteiger partial charge >= 0.3 is 11.8 Å². The number of nitrogens with zero attached hydrogens (tertiary/aromatic N) is 2. The van der Waals surface area contributed by atoms with Crippen molar-refractivity contribution in [2.75, 3.05) is 5.32 Å². The topological polar surface area (TPSA) is 84.0 Å². The zero-order valence-corrected chi connectivity index (χ0v) is 10.9. The van der Waals surface area contributed by atoms with E-state index in [2.05, 4.69) is 20.8 Å². The molecule has 0 aliphatic rings. The van der Waals surface area contributed by atoms with Crippen LogP contribution < -0.4 is 10.6 Å². The Balaban J connectivity index is 2.52. The quantitative estimate of drug-likeness (QED) is 0.786. The molecule has 0 bridgehead atoms. The second kappa shape index (κ2) is 6.29. The summed E-state index contributed by atoms with van der Waals surface area (Å²) in [6, 6.07) is -0.0710. The van der Waals surface area contributed by atoms with Crippen molar-refractivity contribution in [2.45, 2.75) is 39.7 Å². The van der Waals surface area contributed by atoms with Crippen LogP contribution >= 0.6 is 11.3 Å². The number of hydrogen-bond acceptors (Lipinski definition) is 5. The highest BCUT2D eigenvalue weighted by Gasteiger charge is 2.16. The summed E-state index contributed by atoms with van der Waals surface area (Å²) in [7, 11) is 0. The average Bonchev–Trinajstić information content (AvgIpc) is 2.65. The number of nitrogens with one attached hydrogen (secondary N) is 2. The van der Waals surface area contributed by atoms with Gasteiger partial charge in [0.15, 0.2) is 0 Å². The maximum absolute atomic E-state index is 11.4. The Kier molecular flexibility index (Phi) is 5.02. The lowest BCUT2D eigenvalue weighted by Crippen LogP contribution is -2.39. The van der Waals surface area contributed by atoms with Crippen LogP contribution in [-0.2, 0) is 16.0 Å². The van der Waals surface area contributed by atoms with Gasteiger partial charge < -0.3 is 5.32 Å². The van der Waals surface area contributed by atoms with Gasteiger partial charge in [0.2, 0.25) is 5.13 Å². The molecule has 1 aromatic rings. The van der Waals surface area contributed by atoms with Crippen molar-refractivity contribution >= 4 is 28.3 Å². The summed E-state index contributed by atoms with van der Waals surface area (Å²) in [6.45, 7) is 5.61. The van der Waals surface area contributed by atoms with Crippen molar-refractivity contribution in [1.29, 1.82) is 0 Å². The van der Waals surface area contributed by atoms with Crippen molar-refractivity contribution in [2.24, 2.45) is 0 Å². The minimum Gasteiger partial charge on any atom is -0.346 e. The molecule has 1 aromatic heterocycles. The molecule has 0 atom stereocenters. The van der Waals surface area contributed by atoms with E-state index in [0.29, 0.717) is 5.13 Å². The molecule has 0 aliphatic carbocycles. The first-order valence-electron chi connectivity index (χ1n) is 5.47. The van der Waals surface area contributed by atoms with Crippen molar-refractivity contribution < 1.29 is 9.59 Å². The summed E-state index contributed by atoms with van der Waals surface area (Å²) in [5.74, 6) is -1.37. The highest BCUT2D eigenvalue weighted by atomic mass is 32.1. The first kappa shape index (κ1) is 13.6. The highest BCUT2D eigenvalue weighted by molar-refractivity contribution is 7.15. The molecule has 0 saturated heterocycles. The minimum atomic E-state index is -0.710. The predicted octanol–water partition coefficient (Wildman–Crippen LogP) is 0.954. The molecule has 0 unspecified atom stereocenters. The first-order valence-corrected chi connectivity index (χ1v) is 6.28. The molecule has 94 valence electrons. The molecular weight excluding hydrogens is 240 g/mol. The van der Waals surface area contributed by atoms with E-state index in [1.807, 2.05) is 6.92 Å². The molecule has 0 spiro atoms. The number of aryl methyl sites for hydroxylation is 1. The summed E-state index contributed by atoms with van der Waals surface area (Å²) >= 11 is 1.29. The van der Waals surface area contributed by atoms with Crippen molar-refractivity contribution in [3.8, 4) is 0 Å². The number of aromatic nitrogens is 2. The van der Waals surface area contributed by atoms with Gasteiger partial charge in [-0.05, 0) is 20.3 Å². The maximum Gasteiger partial charge on any atom is 0.315 e. The molecule has 2 N–H and O–H groups in total. The third-order valence-corrected chi connectivity index (χ3v) is 2.68. The summed E-state index contributed by atoms with van der Waals surface area (Å²) in [5, 5.41) is 13.8. The molecule has 0 saturated carbocycles. The standard InChI is InChI=1S/C10H16N4O2S/c1-4-5-7-13-14-10(17-7)12-9(16)8(15)11-6(2)3/h6H,4-5H2,1-3H3,(H,11,15)(H,12,14,16). The zero-order chi connectivity index (χ0) is 12.8. The lowest BCUT2D eigenvalue weighted by atomic mass is 10.4. The van der Waals surface area contributed by atoms with E-state index in [1.54, 1.807) is 13.8 Å². The maximum atomic E-state index is 11.4. The summed E-state index contributed by atoms with van der Waals surface area (Å²) in [5.41, 5.74) is 0. The van der Waals surface area contributed by atoms with Crippen LogP contribution in [0.2, 0.25) is 0 Å². The van der Waals surface area contributed by atoms with Crippen LogP contribution in [0.25, 0.3) is 0 Å². The number of anilines is 1. The lowest BCUT2D eigenvalue weighted by Gasteiger charge is -2.06. The highest BCUT2D eigenvalue weighted by Crippen LogP contribution is 2.16.